The fourth-order valence-electron chi connectivity index (χ4n) is 10.6. The third kappa shape index (κ3) is 16.5. The van der Waals surface area contributed by atoms with E-state index in [1.54, 1.807) is 0 Å². The lowest BCUT2D eigenvalue weighted by molar-refractivity contribution is -0.409. The molecule has 3 aliphatic rings. The highest BCUT2D eigenvalue weighted by molar-refractivity contribution is 5.87. The van der Waals surface area contributed by atoms with Crippen molar-refractivity contribution in [3.8, 4) is 0 Å². The monoisotopic (exact) mass is 1470 g/mol. The van der Waals surface area contributed by atoms with Gasteiger partial charge in [-0.2, -0.15) is 158 Å². The summed E-state index contributed by atoms with van der Waals surface area (Å²) in [5, 5.41) is 56.9. The van der Waals surface area contributed by atoms with Crippen molar-refractivity contribution in [1.29, 1.82) is 0 Å². The Kier molecular flexibility index (Phi) is 25.2. The lowest BCUT2D eigenvalue weighted by atomic mass is 9.65. The minimum Gasteiger partial charge on any atom is -0.459 e. The minimum atomic E-state index is -6.65. The fraction of sp³-hybridized carbons (Fsp3) is 0.804. The molecule has 3 rings (SSSR count). The summed E-state index contributed by atoms with van der Waals surface area (Å²) in [5.74, 6) is -25.3. The molecule has 3 saturated carbocycles. The summed E-state index contributed by atoms with van der Waals surface area (Å²) in [6.45, 7) is 9.55. The van der Waals surface area contributed by atoms with Crippen molar-refractivity contribution in [3.63, 3.8) is 0 Å². The standard InChI is InChI=1S/C16H16F12O4.2C15H14F12O4/c1-6(2)10(29)32-9-4-3-7(11(30,13(17,18)19)14(20,21)22)5-8(9)12(31,15(23,24)25)16(26,27)28;1-2-9(28)31-8-4-6(10(29,12(16,17)18)13(19,20)21)3-7(5-8)11(30,14(22,23)24)15(25,26)27;1-2-9(28)31-8-4-3-6(10(29,12(16,17)18)13(19,20)21)5-7(8)11(30,14(22,23)24)15(25,26)27/h7-9,30-31H,1,3-5H2,2H3;2*2,6-8,29-30H,1,3-5H2. The van der Waals surface area contributed by atoms with E-state index < -0.39 is 243 Å². The lowest BCUT2D eigenvalue weighted by Crippen LogP contribution is -2.68. The van der Waals surface area contributed by atoms with Crippen molar-refractivity contribution in [3.05, 3.63) is 37.5 Å². The molecule has 0 aromatic rings. The third-order valence-corrected chi connectivity index (χ3v) is 15.4. The lowest BCUT2D eigenvalue weighted by Gasteiger charge is -2.49. The topological polar surface area (TPSA) is 200 Å². The van der Waals surface area contributed by atoms with Crippen LogP contribution in [0.25, 0.3) is 0 Å². The molecular formula is C46H44F36O12. The van der Waals surface area contributed by atoms with Gasteiger partial charge in [-0.05, 0) is 64.7 Å². The second-order valence-corrected chi connectivity index (χ2v) is 21.1. The molecule has 0 heterocycles. The summed E-state index contributed by atoms with van der Waals surface area (Å²) < 4.78 is 487. The quantitative estimate of drug-likeness (QED) is 0.0468. The summed E-state index contributed by atoms with van der Waals surface area (Å²) in [4.78, 5) is 34.1. The number of hydrogen-bond donors (Lipinski definition) is 6. The van der Waals surface area contributed by atoms with Crippen LogP contribution in [0.2, 0.25) is 0 Å². The summed E-state index contributed by atoms with van der Waals surface area (Å²) in [6, 6.07) is 0. The third-order valence-electron chi connectivity index (χ3n) is 15.4. The molecule has 12 nitrogen and oxygen atoms in total. The highest BCUT2D eigenvalue weighted by Gasteiger charge is 2.83. The molecule has 8 unspecified atom stereocenters. The zero-order chi connectivity index (χ0) is 75.4. The SMILES string of the molecule is C=C(C)C(=O)OC1CCC(C(O)(C(F)(F)F)C(F)(F)F)CC1C(O)(C(F)(F)F)C(F)(F)F.C=CC(=O)OC1CC(C(O)(C(F)(F)F)C(F)(F)F)CC(C(O)(C(F)(F)F)C(F)(F)F)C1.C=CC(=O)OC1CCC(C(O)(C(F)(F)F)C(F)(F)F)CC1C(O)(C(F)(F)F)C(F)(F)F. The van der Waals surface area contributed by atoms with E-state index in [-0.39, 0.29) is 6.08 Å². The Morgan fingerprint density at radius 3 is 0.745 bits per heavy atom. The predicted molar refractivity (Wildman–Crippen MR) is 230 cm³/mol. The summed E-state index contributed by atoms with van der Waals surface area (Å²) in [5.41, 5.74) is -35.2. The van der Waals surface area contributed by atoms with Gasteiger partial charge in [0.05, 0.1) is 0 Å². The second-order valence-electron chi connectivity index (χ2n) is 21.1. The van der Waals surface area contributed by atoms with Crippen LogP contribution in [0.3, 0.4) is 0 Å². The molecule has 0 bridgehead atoms. The molecule has 0 radical (unpaired) electrons. The van der Waals surface area contributed by atoms with Crippen LogP contribution in [-0.2, 0) is 28.6 Å². The van der Waals surface area contributed by atoms with Crippen molar-refractivity contribution in [1.82, 2.24) is 0 Å². The average Bonchev–Trinajstić information content (AvgIpc) is 0.733. The molecule has 0 aromatic carbocycles. The molecular weight excluding hydrogens is 1430 g/mol. The Labute approximate surface area is 499 Å². The maximum atomic E-state index is 13.3. The molecule has 3 aliphatic carbocycles. The summed E-state index contributed by atoms with van der Waals surface area (Å²) in [6.07, 6.45) is -102. The van der Waals surface area contributed by atoms with Crippen LogP contribution in [0.4, 0.5) is 158 Å². The first-order valence-electron chi connectivity index (χ1n) is 24.7. The molecule has 8 atom stereocenters. The second kappa shape index (κ2) is 27.3. The van der Waals surface area contributed by atoms with Gasteiger partial charge < -0.3 is 44.8 Å². The van der Waals surface area contributed by atoms with Crippen LogP contribution >= 0.6 is 0 Å². The van der Waals surface area contributed by atoms with E-state index in [0.29, 0.717) is 6.08 Å². The van der Waals surface area contributed by atoms with E-state index in [1.165, 1.54) is 0 Å². The molecule has 3 fully saturated rings. The summed E-state index contributed by atoms with van der Waals surface area (Å²) >= 11 is 0. The first-order chi connectivity index (χ1) is 41.0. The van der Waals surface area contributed by atoms with Crippen molar-refractivity contribution in [2.24, 2.45) is 35.5 Å². The van der Waals surface area contributed by atoms with Gasteiger partial charge in [0, 0.05) is 53.2 Å². The van der Waals surface area contributed by atoms with Gasteiger partial charge in [-0.1, -0.05) is 19.7 Å². The average molecular weight is 1470 g/mol. The Balaban J connectivity index is 0.000000705. The Bertz CT molecular complexity index is 2500. The molecule has 0 amide bonds. The van der Waals surface area contributed by atoms with Crippen LogP contribution in [0, 0.1) is 35.5 Å². The molecule has 0 spiro atoms. The van der Waals surface area contributed by atoms with Gasteiger partial charge in [-0.3, -0.25) is 0 Å². The van der Waals surface area contributed by atoms with Crippen LogP contribution < -0.4 is 0 Å². The van der Waals surface area contributed by atoms with Gasteiger partial charge in [0.15, 0.2) is 0 Å². The number of carbonyl (C=O) groups excluding carboxylic acids is 3. The van der Waals surface area contributed by atoms with Crippen molar-refractivity contribution in [2.75, 3.05) is 0 Å². The van der Waals surface area contributed by atoms with Gasteiger partial charge in [-0.25, -0.2) is 14.4 Å². The minimum absolute atomic E-state index is 0.269. The van der Waals surface area contributed by atoms with Gasteiger partial charge in [-0.15, -0.1) is 0 Å². The highest BCUT2D eigenvalue weighted by atomic mass is 19.5. The van der Waals surface area contributed by atoms with E-state index in [4.69, 9.17) is 0 Å². The van der Waals surface area contributed by atoms with E-state index in [9.17, 15) is 203 Å². The number of carbonyl (C=O) groups is 3. The number of hydrogen-bond acceptors (Lipinski definition) is 12. The smallest absolute Gasteiger partial charge is 0.426 e. The van der Waals surface area contributed by atoms with Crippen LogP contribution in [0.15, 0.2) is 37.5 Å². The highest BCUT2D eigenvalue weighted by Crippen LogP contribution is 2.62. The van der Waals surface area contributed by atoms with Gasteiger partial charge in [0.2, 0.25) is 0 Å². The predicted octanol–water partition coefficient (Wildman–Crippen LogP) is 13.0. The first kappa shape index (κ1) is 86.9. The molecule has 94 heavy (non-hydrogen) atoms. The zero-order valence-corrected chi connectivity index (χ0v) is 45.6. The largest absolute Gasteiger partial charge is 0.459 e. The first-order valence-corrected chi connectivity index (χ1v) is 24.7. The number of alkyl halides is 36. The molecule has 0 aliphatic heterocycles. The number of ether oxygens (including phenoxy) is 3. The van der Waals surface area contributed by atoms with Crippen LogP contribution in [0.1, 0.15) is 64.7 Å². The Morgan fingerprint density at radius 2 is 0.532 bits per heavy atom. The zero-order valence-electron chi connectivity index (χ0n) is 45.6. The van der Waals surface area contributed by atoms with E-state index in [2.05, 4.69) is 33.9 Å². The van der Waals surface area contributed by atoms with Crippen molar-refractivity contribution < 1.29 is 217 Å². The van der Waals surface area contributed by atoms with Crippen LogP contribution in [0.5, 0.6) is 0 Å². The molecule has 0 saturated heterocycles. The van der Waals surface area contributed by atoms with Gasteiger partial charge in [0.25, 0.3) is 33.6 Å². The van der Waals surface area contributed by atoms with Crippen molar-refractivity contribution in [2.45, 2.75) is 191 Å². The molecule has 0 aromatic heterocycles. The normalized spacial score (nSPS) is 24.5. The van der Waals surface area contributed by atoms with Gasteiger partial charge in [0.1, 0.15) is 18.3 Å². The molecule has 552 valence electrons. The number of esters is 3. The number of aliphatic hydroxyl groups is 6. The van der Waals surface area contributed by atoms with E-state index >= 15 is 0 Å². The van der Waals surface area contributed by atoms with Crippen LogP contribution in [-0.4, -0.2) is 175 Å². The number of halogens is 36. The van der Waals surface area contributed by atoms with Gasteiger partial charge >= 0.3 is 92.0 Å². The Hall–Kier alpha value is -5.13. The maximum absolute atomic E-state index is 13.3. The number of rotatable bonds is 12. The van der Waals surface area contributed by atoms with E-state index in [1.807, 2.05) is 0 Å². The fourth-order valence-corrected chi connectivity index (χ4v) is 10.6. The molecule has 48 heteroatoms. The maximum Gasteiger partial charge on any atom is 0.426 e. The summed E-state index contributed by atoms with van der Waals surface area (Å²) in [7, 11) is 0. The van der Waals surface area contributed by atoms with Crippen molar-refractivity contribution >= 4 is 17.9 Å². The Morgan fingerprint density at radius 1 is 0.319 bits per heavy atom. The molecule has 6 N–H and O–H groups in total. The van der Waals surface area contributed by atoms with E-state index in [0.717, 1.165) is 6.92 Å².